The molecule has 150 valence electrons. The molecular formula is C22H24N4O2S. The van der Waals surface area contributed by atoms with Crippen LogP contribution in [-0.2, 0) is 11.2 Å². The van der Waals surface area contributed by atoms with Gasteiger partial charge in [-0.2, -0.15) is 0 Å². The van der Waals surface area contributed by atoms with Gasteiger partial charge < -0.3 is 15.1 Å². The summed E-state index contributed by atoms with van der Waals surface area (Å²) in [5.74, 6) is 0.00323. The average Bonchev–Trinajstić information content (AvgIpc) is 3.14. The van der Waals surface area contributed by atoms with Gasteiger partial charge in [0, 0.05) is 38.2 Å². The van der Waals surface area contributed by atoms with Crippen LogP contribution in [-0.4, -0.2) is 59.8 Å². The lowest BCUT2D eigenvalue weighted by atomic mass is 10.1. The van der Waals surface area contributed by atoms with Crippen molar-refractivity contribution in [2.45, 2.75) is 12.8 Å². The molecule has 0 aliphatic carbocycles. The summed E-state index contributed by atoms with van der Waals surface area (Å²) in [6.45, 7) is 3.29. The van der Waals surface area contributed by atoms with E-state index in [4.69, 9.17) is 0 Å². The number of piperazine rings is 1. The van der Waals surface area contributed by atoms with E-state index in [9.17, 15) is 9.59 Å². The SMILES string of the molecule is CN1CCN(C(=O)c2ccc3nc(NC(=O)CCc4ccccc4)sc3c2)CC1. The molecule has 2 heterocycles. The predicted molar refractivity (Wildman–Crippen MR) is 116 cm³/mol. The molecule has 0 unspecified atom stereocenters. The molecule has 0 spiro atoms. The molecule has 0 saturated carbocycles. The molecular weight excluding hydrogens is 384 g/mol. The predicted octanol–water partition coefficient (Wildman–Crippen LogP) is 3.26. The average molecular weight is 409 g/mol. The minimum atomic E-state index is -0.0540. The molecule has 1 aliphatic heterocycles. The van der Waals surface area contributed by atoms with Gasteiger partial charge in [-0.15, -0.1) is 0 Å². The molecule has 1 fully saturated rings. The Morgan fingerprint density at radius 2 is 1.83 bits per heavy atom. The second-order valence-electron chi connectivity index (χ2n) is 7.33. The van der Waals surface area contributed by atoms with Crippen LogP contribution in [0.4, 0.5) is 5.13 Å². The van der Waals surface area contributed by atoms with Crippen molar-refractivity contribution in [2.24, 2.45) is 0 Å². The number of hydrogen-bond donors (Lipinski definition) is 1. The molecule has 0 radical (unpaired) electrons. The van der Waals surface area contributed by atoms with Crippen molar-refractivity contribution in [1.82, 2.24) is 14.8 Å². The van der Waals surface area contributed by atoms with Crippen molar-refractivity contribution in [3.05, 3.63) is 59.7 Å². The number of nitrogens with one attached hydrogen (secondary N) is 1. The fraction of sp³-hybridized carbons (Fsp3) is 0.318. The molecule has 0 bridgehead atoms. The summed E-state index contributed by atoms with van der Waals surface area (Å²) in [7, 11) is 2.07. The molecule has 3 aromatic rings. The summed E-state index contributed by atoms with van der Waals surface area (Å²) in [5, 5.41) is 3.46. The minimum Gasteiger partial charge on any atom is -0.336 e. The fourth-order valence-electron chi connectivity index (χ4n) is 3.39. The van der Waals surface area contributed by atoms with E-state index in [-0.39, 0.29) is 11.8 Å². The van der Waals surface area contributed by atoms with E-state index in [2.05, 4.69) is 22.2 Å². The summed E-state index contributed by atoms with van der Waals surface area (Å²) in [6.07, 6.45) is 1.11. The first-order valence-electron chi connectivity index (χ1n) is 9.81. The highest BCUT2D eigenvalue weighted by molar-refractivity contribution is 7.22. The topological polar surface area (TPSA) is 65.5 Å². The zero-order chi connectivity index (χ0) is 20.2. The van der Waals surface area contributed by atoms with Gasteiger partial charge in [-0.05, 0) is 37.2 Å². The Morgan fingerprint density at radius 1 is 1.07 bits per heavy atom. The molecule has 7 heteroatoms. The van der Waals surface area contributed by atoms with Crippen molar-refractivity contribution in [3.63, 3.8) is 0 Å². The Morgan fingerprint density at radius 3 is 2.59 bits per heavy atom. The number of carbonyl (C=O) groups excluding carboxylic acids is 2. The maximum atomic E-state index is 12.8. The van der Waals surface area contributed by atoms with Gasteiger partial charge in [0.25, 0.3) is 5.91 Å². The number of rotatable bonds is 5. The van der Waals surface area contributed by atoms with Crippen LogP contribution in [0.15, 0.2) is 48.5 Å². The number of anilines is 1. The summed E-state index contributed by atoms with van der Waals surface area (Å²) in [4.78, 5) is 33.6. The van der Waals surface area contributed by atoms with Crippen LogP contribution in [0.25, 0.3) is 10.2 Å². The third-order valence-corrected chi connectivity index (χ3v) is 6.09. The molecule has 1 aliphatic rings. The van der Waals surface area contributed by atoms with Crippen LogP contribution < -0.4 is 5.32 Å². The van der Waals surface area contributed by atoms with E-state index >= 15 is 0 Å². The Hall–Kier alpha value is -2.77. The number of thiazole rings is 1. The zero-order valence-corrected chi connectivity index (χ0v) is 17.2. The van der Waals surface area contributed by atoms with Gasteiger partial charge in [-0.25, -0.2) is 4.98 Å². The normalized spacial score (nSPS) is 14.9. The first-order valence-corrected chi connectivity index (χ1v) is 10.6. The molecule has 1 saturated heterocycles. The first kappa shape index (κ1) is 19.5. The Balaban J connectivity index is 1.40. The highest BCUT2D eigenvalue weighted by Gasteiger charge is 2.21. The van der Waals surface area contributed by atoms with Gasteiger partial charge in [0.2, 0.25) is 5.91 Å². The van der Waals surface area contributed by atoms with Crippen LogP contribution >= 0.6 is 11.3 Å². The second-order valence-corrected chi connectivity index (χ2v) is 8.36. The summed E-state index contributed by atoms with van der Waals surface area (Å²) in [6, 6.07) is 15.5. The number of fused-ring (bicyclic) bond motifs is 1. The molecule has 0 atom stereocenters. The number of aryl methyl sites for hydroxylation is 1. The monoisotopic (exact) mass is 408 g/mol. The van der Waals surface area contributed by atoms with E-state index in [0.717, 1.165) is 42.0 Å². The molecule has 29 heavy (non-hydrogen) atoms. The van der Waals surface area contributed by atoms with Gasteiger partial charge in [0.1, 0.15) is 0 Å². The number of hydrogen-bond acceptors (Lipinski definition) is 5. The highest BCUT2D eigenvalue weighted by atomic mass is 32.1. The molecule has 1 aromatic heterocycles. The van der Waals surface area contributed by atoms with Gasteiger partial charge >= 0.3 is 0 Å². The standard InChI is InChI=1S/C22H24N4O2S/c1-25-11-13-26(14-12-25)21(28)17-8-9-18-19(15-17)29-22(23-18)24-20(27)10-7-16-5-3-2-4-6-16/h2-6,8-9,15H,7,10-14H2,1H3,(H,23,24,27). The summed E-state index contributed by atoms with van der Waals surface area (Å²) in [5.41, 5.74) is 2.61. The number of likely N-dealkylation sites (N-methyl/N-ethyl adjacent to an activating group) is 1. The zero-order valence-electron chi connectivity index (χ0n) is 16.4. The molecule has 4 rings (SSSR count). The van der Waals surface area contributed by atoms with E-state index in [0.29, 0.717) is 23.5 Å². The maximum Gasteiger partial charge on any atom is 0.253 e. The van der Waals surface area contributed by atoms with E-state index in [1.54, 1.807) is 0 Å². The second kappa shape index (κ2) is 8.71. The van der Waals surface area contributed by atoms with E-state index in [1.807, 2.05) is 53.4 Å². The molecule has 6 nitrogen and oxygen atoms in total. The van der Waals surface area contributed by atoms with E-state index < -0.39 is 0 Å². The van der Waals surface area contributed by atoms with Crippen LogP contribution in [0.1, 0.15) is 22.3 Å². The number of benzene rings is 2. The summed E-state index contributed by atoms with van der Waals surface area (Å²) >= 11 is 1.40. The highest BCUT2D eigenvalue weighted by Crippen LogP contribution is 2.27. The van der Waals surface area contributed by atoms with Crippen molar-refractivity contribution >= 4 is 38.5 Å². The Bertz CT molecular complexity index is 1010. The van der Waals surface area contributed by atoms with Gasteiger partial charge in [-0.3, -0.25) is 9.59 Å². The quantitative estimate of drug-likeness (QED) is 0.704. The van der Waals surface area contributed by atoms with Crippen LogP contribution in [0.5, 0.6) is 0 Å². The maximum absolute atomic E-state index is 12.8. The smallest absolute Gasteiger partial charge is 0.253 e. The van der Waals surface area contributed by atoms with Crippen LogP contribution in [0.3, 0.4) is 0 Å². The number of nitrogens with zero attached hydrogens (tertiary/aromatic N) is 3. The van der Waals surface area contributed by atoms with Crippen molar-refractivity contribution < 1.29 is 9.59 Å². The number of amides is 2. The van der Waals surface area contributed by atoms with E-state index in [1.165, 1.54) is 11.3 Å². The van der Waals surface area contributed by atoms with Crippen molar-refractivity contribution in [2.75, 3.05) is 38.5 Å². The minimum absolute atomic E-state index is 0.0540. The molecule has 2 amide bonds. The Kier molecular flexibility index (Phi) is 5.87. The van der Waals surface area contributed by atoms with Gasteiger partial charge in [-0.1, -0.05) is 41.7 Å². The largest absolute Gasteiger partial charge is 0.336 e. The lowest BCUT2D eigenvalue weighted by Crippen LogP contribution is -2.47. The van der Waals surface area contributed by atoms with Crippen LogP contribution in [0.2, 0.25) is 0 Å². The third kappa shape index (κ3) is 4.81. The van der Waals surface area contributed by atoms with Gasteiger partial charge in [0.15, 0.2) is 5.13 Å². The summed E-state index contributed by atoms with van der Waals surface area (Å²) < 4.78 is 0.906. The van der Waals surface area contributed by atoms with Gasteiger partial charge in [0.05, 0.1) is 10.2 Å². The number of aromatic nitrogens is 1. The lowest BCUT2D eigenvalue weighted by molar-refractivity contribution is -0.116. The Labute approximate surface area is 174 Å². The molecule has 1 N–H and O–H groups in total. The van der Waals surface area contributed by atoms with Crippen molar-refractivity contribution in [1.29, 1.82) is 0 Å². The lowest BCUT2D eigenvalue weighted by Gasteiger charge is -2.32. The molecule has 2 aromatic carbocycles. The van der Waals surface area contributed by atoms with Crippen LogP contribution in [0, 0.1) is 0 Å². The first-order chi connectivity index (χ1) is 14.1. The third-order valence-electron chi connectivity index (χ3n) is 5.16. The fourth-order valence-corrected chi connectivity index (χ4v) is 4.31. The number of carbonyl (C=O) groups is 2. The van der Waals surface area contributed by atoms with Crippen molar-refractivity contribution in [3.8, 4) is 0 Å².